The second kappa shape index (κ2) is 8.03. The highest BCUT2D eigenvalue weighted by molar-refractivity contribution is 5.88. The molecule has 0 radical (unpaired) electrons. The molecule has 5 rings (SSSR count). The second-order valence-electron chi connectivity index (χ2n) is 8.60. The summed E-state index contributed by atoms with van der Waals surface area (Å²) < 4.78 is 5.73. The van der Waals surface area contributed by atoms with Gasteiger partial charge in [-0.2, -0.15) is 0 Å². The SMILES string of the molecule is C=CC(=O)N1C2COCC1CN(C(C)c1[nH]c3nnc(-c4ccccc4O)cc3c1C)C2. The lowest BCUT2D eigenvalue weighted by atomic mass is 10.00. The van der Waals surface area contributed by atoms with Gasteiger partial charge in [0.2, 0.25) is 5.91 Å². The van der Waals surface area contributed by atoms with E-state index in [1.807, 2.05) is 23.1 Å². The number of phenols is 1. The van der Waals surface area contributed by atoms with Crippen LogP contribution in [-0.2, 0) is 9.53 Å². The van der Waals surface area contributed by atoms with Crippen molar-refractivity contribution in [3.05, 3.63) is 54.2 Å². The van der Waals surface area contributed by atoms with Crippen molar-refractivity contribution in [2.75, 3.05) is 26.3 Å². The Morgan fingerprint density at radius 3 is 2.69 bits per heavy atom. The monoisotopic (exact) mass is 433 g/mol. The van der Waals surface area contributed by atoms with Crippen LogP contribution in [0.25, 0.3) is 22.3 Å². The Labute approximate surface area is 186 Å². The summed E-state index contributed by atoms with van der Waals surface area (Å²) >= 11 is 0. The lowest BCUT2D eigenvalue weighted by Gasteiger charge is -2.50. The number of aryl methyl sites for hydroxylation is 1. The standard InChI is InChI=1S/C24H27N5O3/c1-4-22(31)29-16-10-28(11-17(29)13-32-12-16)15(3)23-14(2)19-9-20(26-27-24(19)25-23)18-7-5-6-8-21(18)30/h4-9,15-17,30H,1,10-13H2,2-3H3,(H,25,27). The molecule has 2 bridgehead atoms. The van der Waals surface area contributed by atoms with Gasteiger partial charge in [-0.1, -0.05) is 18.7 Å². The number of phenolic OH excluding ortho intramolecular Hbond substituents is 1. The van der Waals surface area contributed by atoms with Gasteiger partial charge in [0, 0.05) is 35.8 Å². The van der Waals surface area contributed by atoms with Crippen LogP contribution in [-0.4, -0.2) is 74.4 Å². The van der Waals surface area contributed by atoms with Gasteiger partial charge in [-0.15, -0.1) is 10.2 Å². The number of para-hydroxylation sites is 1. The molecule has 4 heterocycles. The van der Waals surface area contributed by atoms with Gasteiger partial charge in [0.1, 0.15) is 5.75 Å². The van der Waals surface area contributed by atoms with Gasteiger partial charge < -0.3 is 19.7 Å². The molecule has 166 valence electrons. The van der Waals surface area contributed by atoms with E-state index < -0.39 is 0 Å². The van der Waals surface area contributed by atoms with E-state index in [0.717, 1.165) is 35.4 Å². The second-order valence-corrected chi connectivity index (χ2v) is 8.60. The number of aromatic nitrogens is 3. The van der Waals surface area contributed by atoms with Crippen molar-refractivity contribution in [3.8, 4) is 17.0 Å². The molecule has 0 aliphatic carbocycles. The molecule has 8 heteroatoms. The number of piperazine rings is 1. The summed E-state index contributed by atoms with van der Waals surface area (Å²) in [7, 11) is 0. The lowest BCUT2D eigenvalue weighted by molar-refractivity contribution is -0.151. The number of carbonyl (C=O) groups is 1. The molecule has 1 aromatic carbocycles. The number of ether oxygens (including phenoxy) is 1. The van der Waals surface area contributed by atoms with E-state index in [0.29, 0.717) is 24.5 Å². The number of carbonyl (C=O) groups excluding carboxylic acids is 1. The van der Waals surface area contributed by atoms with Crippen LogP contribution < -0.4 is 0 Å². The Hall–Kier alpha value is -3.23. The van der Waals surface area contributed by atoms with E-state index in [9.17, 15) is 9.90 Å². The molecule has 2 aromatic heterocycles. The third-order valence-corrected chi connectivity index (χ3v) is 6.73. The molecule has 2 saturated heterocycles. The molecule has 2 fully saturated rings. The first-order valence-corrected chi connectivity index (χ1v) is 10.9. The molecular formula is C24H27N5O3. The number of hydrogen-bond donors (Lipinski definition) is 2. The van der Waals surface area contributed by atoms with Crippen LogP contribution in [0.5, 0.6) is 5.75 Å². The number of benzene rings is 1. The molecule has 32 heavy (non-hydrogen) atoms. The first kappa shape index (κ1) is 20.7. The summed E-state index contributed by atoms with van der Waals surface area (Å²) in [6.07, 6.45) is 1.40. The summed E-state index contributed by atoms with van der Waals surface area (Å²) in [4.78, 5) is 20.2. The van der Waals surface area contributed by atoms with Crippen LogP contribution in [0.1, 0.15) is 24.2 Å². The van der Waals surface area contributed by atoms with Crippen molar-refractivity contribution in [3.63, 3.8) is 0 Å². The normalized spacial score (nSPS) is 22.1. The average molecular weight is 434 g/mol. The summed E-state index contributed by atoms with van der Waals surface area (Å²) in [5, 5.41) is 19.9. The summed E-state index contributed by atoms with van der Waals surface area (Å²) in [5.74, 6) is 0.160. The first-order valence-electron chi connectivity index (χ1n) is 10.9. The number of rotatable bonds is 4. The zero-order valence-electron chi connectivity index (χ0n) is 18.3. The van der Waals surface area contributed by atoms with E-state index in [4.69, 9.17) is 4.74 Å². The Balaban J connectivity index is 1.45. The number of amides is 1. The highest BCUT2D eigenvalue weighted by Crippen LogP contribution is 2.34. The zero-order valence-corrected chi connectivity index (χ0v) is 18.3. The van der Waals surface area contributed by atoms with E-state index in [-0.39, 0.29) is 29.8 Å². The van der Waals surface area contributed by atoms with Gasteiger partial charge in [0.25, 0.3) is 0 Å². The predicted molar refractivity (Wildman–Crippen MR) is 121 cm³/mol. The quantitative estimate of drug-likeness (QED) is 0.615. The number of aromatic amines is 1. The predicted octanol–water partition coefficient (Wildman–Crippen LogP) is 2.80. The molecule has 2 N–H and O–H groups in total. The van der Waals surface area contributed by atoms with Crippen molar-refractivity contribution in [2.45, 2.75) is 32.0 Å². The summed E-state index contributed by atoms with van der Waals surface area (Å²) in [5.41, 5.74) is 4.23. The maximum absolute atomic E-state index is 12.4. The van der Waals surface area contributed by atoms with Crippen LogP contribution in [0.2, 0.25) is 0 Å². The van der Waals surface area contributed by atoms with Crippen molar-refractivity contribution in [2.24, 2.45) is 0 Å². The van der Waals surface area contributed by atoms with Crippen LogP contribution in [0.4, 0.5) is 0 Å². The van der Waals surface area contributed by atoms with E-state index in [1.54, 1.807) is 12.1 Å². The lowest BCUT2D eigenvalue weighted by Crippen LogP contribution is -2.66. The van der Waals surface area contributed by atoms with Gasteiger partial charge >= 0.3 is 0 Å². The maximum Gasteiger partial charge on any atom is 0.246 e. The minimum absolute atomic E-state index is 0.0209. The summed E-state index contributed by atoms with van der Waals surface area (Å²) in [6.45, 7) is 10.5. The Kier molecular flexibility index (Phi) is 5.19. The number of H-pyrrole nitrogens is 1. The van der Waals surface area contributed by atoms with Crippen LogP contribution in [0.3, 0.4) is 0 Å². The van der Waals surface area contributed by atoms with Gasteiger partial charge in [0.05, 0.1) is 31.0 Å². The van der Waals surface area contributed by atoms with Gasteiger partial charge in [-0.25, -0.2) is 0 Å². The van der Waals surface area contributed by atoms with Crippen LogP contribution in [0, 0.1) is 6.92 Å². The van der Waals surface area contributed by atoms with Crippen molar-refractivity contribution in [1.29, 1.82) is 0 Å². The molecule has 3 aromatic rings. The first-order chi connectivity index (χ1) is 15.5. The molecule has 2 aliphatic rings. The number of aromatic hydroxyl groups is 1. The molecule has 3 unspecified atom stereocenters. The maximum atomic E-state index is 12.4. The zero-order chi connectivity index (χ0) is 22.4. The van der Waals surface area contributed by atoms with Gasteiger partial charge in [-0.05, 0) is 43.7 Å². The topological polar surface area (TPSA) is 94.6 Å². The molecule has 1 amide bonds. The van der Waals surface area contributed by atoms with Crippen molar-refractivity contribution >= 4 is 16.9 Å². The molecule has 3 atom stereocenters. The average Bonchev–Trinajstić information content (AvgIpc) is 3.13. The van der Waals surface area contributed by atoms with Crippen molar-refractivity contribution in [1.82, 2.24) is 25.0 Å². The van der Waals surface area contributed by atoms with Gasteiger partial charge in [-0.3, -0.25) is 9.69 Å². The summed E-state index contributed by atoms with van der Waals surface area (Å²) in [6, 6.07) is 9.27. The fourth-order valence-electron chi connectivity index (χ4n) is 5.04. The third kappa shape index (κ3) is 3.36. The van der Waals surface area contributed by atoms with E-state index >= 15 is 0 Å². The number of fused-ring (bicyclic) bond motifs is 3. The molecule has 0 spiro atoms. The molecular weight excluding hydrogens is 406 g/mol. The number of morpholine rings is 1. The largest absolute Gasteiger partial charge is 0.507 e. The fraction of sp³-hybridized carbons (Fsp3) is 0.375. The highest BCUT2D eigenvalue weighted by Gasteiger charge is 2.41. The van der Waals surface area contributed by atoms with Gasteiger partial charge in [0.15, 0.2) is 5.65 Å². The van der Waals surface area contributed by atoms with Crippen LogP contribution >= 0.6 is 0 Å². The molecule has 8 nitrogen and oxygen atoms in total. The smallest absolute Gasteiger partial charge is 0.246 e. The minimum atomic E-state index is -0.0237. The van der Waals surface area contributed by atoms with E-state index in [2.05, 4.69) is 40.5 Å². The Morgan fingerprint density at radius 2 is 2.00 bits per heavy atom. The van der Waals surface area contributed by atoms with Crippen LogP contribution in [0.15, 0.2) is 43.0 Å². The minimum Gasteiger partial charge on any atom is -0.507 e. The van der Waals surface area contributed by atoms with Crippen molar-refractivity contribution < 1.29 is 14.6 Å². The fourth-order valence-corrected chi connectivity index (χ4v) is 5.04. The Morgan fingerprint density at radius 1 is 1.28 bits per heavy atom. The molecule has 2 aliphatic heterocycles. The van der Waals surface area contributed by atoms with E-state index in [1.165, 1.54) is 6.08 Å². The number of nitrogens with one attached hydrogen (secondary N) is 1. The highest BCUT2D eigenvalue weighted by atomic mass is 16.5. The number of nitrogens with zero attached hydrogens (tertiary/aromatic N) is 4. The Bertz CT molecular complexity index is 1180. The molecule has 0 saturated carbocycles. The third-order valence-electron chi connectivity index (χ3n) is 6.73. The number of hydrogen-bond acceptors (Lipinski definition) is 6.